The van der Waals surface area contributed by atoms with Gasteiger partial charge in [-0.1, -0.05) is 6.07 Å². The molecule has 0 aliphatic rings. The molecule has 0 aromatic carbocycles. The van der Waals surface area contributed by atoms with Crippen LogP contribution in [0.3, 0.4) is 0 Å². The van der Waals surface area contributed by atoms with E-state index in [1.165, 1.54) is 0 Å². The fourth-order valence-corrected chi connectivity index (χ4v) is 1.38. The van der Waals surface area contributed by atoms with Gasteiger partial charge in [-0.3, -0.25) is 9.78 Å². The number of rotatable bonds is 3. The molecule has 2 aromatic rings. The molecular formula is C13H13N3O2. The van der Waals surface area contributed by atoms with Crippen LogP contribution in [0.4, 0.5) is 0 Å². The summed E-state index contributed by atoms with van der Waals surface area (Å²) in [5.74, 6) is 0.550. The lowest BCUT2D eigenvalue weighted by atomic mass is 10.3. The maximum atomic E-state index is 11.7. The van der Waals surface area contributed by atoms with Gasteiger partial charge < -0.3 is 4.42 Å². The number of hydrogen-bond acceptors (Lipinski definition) is 4. The highest BCUT2D eigenvalue weighted by molar-refractivity contribution is 5.98. The topological polar surface area (TPSA) is 67.5 Å². The molecule has 18 heavy (non-hydrogen) atoms. The zero-order valence-corrected chi connectivity index (χ0v) is 10.2. The molecule has 5 heteroatoms. The summed E-state index contributed by atoms with van der Waals surface area (Å²) in [5.41, 5.74) is 3.77. The summed E-state index contributed by atoms with van der Waals surface area (Å²) in [7, 11) is 0. The lowest BCUT2D eigenvalue weighted by molar-refractivity contribution is 0.0926. The van der Waals surface area contributed by atoms with Crippen molar-refractivity contribution in [2.24, 2.45) is 5.10 Å². The van der Waals surface area contributed by atoms with Crippen LogP contribution < -0.4 is 5.43 Å². The van der Waals surface area contributed by atoms with E-state index in [1.807, 2.05) is 18.2 Å². The molecule has 0 aliphatic heterocycles. The molecule has 0 bridgehead atoms. The Balaban J connectivity index is 2.05. The van der Waals surface area contributed by atoms with E-state index in [0.717, 1.165) is 0 Å². The fourth-order valence-electron chi connectivity index (χ4n) is 1.38. The van der Waals surface area contributed by atoms with Crippen LogP contribution in [0.25, 0.3) is 0 Å². The van der Waals surface area contributed by atoms with E-state index >= 15 is 0 Å². The second-order valence-corrected chi connectivity index (χ2v) is 3.76. The first-order chi connectivity index (χ1) is 8.66. The molecule has 1 N–H and O–H groups in total. The van der Waals surface area contributed by atoms with Gasteiger partial charge in [-0.05, 0) is 38.1 Å². The molecule has 2 heterocycles. The predicted molar refractivity (Wildman–Crippen MR) is 67.4 cm³/mol. The summed E-state index contributed by atoms with van der Waals surface area (Å²) in [6.07, 6.45) is 1.67. The van der Waals surface area contributed by atoms with Gasteiger partial charge in [0, 0.05) is 6.20 Å². The number of nitrogens with one attached hydrogen (secondary N) is 1. The van der Waals surface area contributed by atoms with Crippen molar-refractivity contribution < 1.29 is 9.21 Å². The summed E-state index contributed by atoms with van der Waals surface area (Å²) >= 11 is 0. The molecule has 0 fully saturated rings. The van der Waals surface area contributed by atoms with E-state index in [1.54, 1.807) is 32.2 Å². The first-order valence-corrected chi connectivity index (χ1v) is 5.49. The third kappa shape index (κ3) is 2.82. The number of hydrogen-bond donors (Lipinski definition) is 1. The van der Waals surface area contributed by atoms with E-state index in [0.29, 0.717) is 17.2 Å². The van der Waals surface area contributed by atoms with Gasteiger partial charge in [0.25, 0.3) is 0 Å². The molecule has 2 aromatic heterocycles. The van der Waals surface area contributed by atoms with Crippen molar-refractivity contribution in [3.05, 3.63) is 53.7 Å². The normalized spacial score (nSPS) is 11.3. The molecule has 92 valence electrons. The van der Waals surface area contributed by atoms with Crippen molar-refractivity contribution in [1.82, 2.24) is 10.4 Å². The minimum absolute atomic E-state index is 0.241. The second kappa shape index (κ2) is 5.27. The molecule has 0 atom stereocenters. The van der Waals surface area contributed by atoms with Crippen molar-refractivity contribution in [3.8, 4) is 0 Å². The Hall–Kier alpha value is -2.43. The molecular weight excluding hydrogens is 230 g/mol. The van der Waals surface area contributed by atoms with Crippen LogP contribution in [-0.2, 0) is 0 Å². The molecule has 0 unspecified atom stereocenters. The van der Waals surface area contributed by atoms with Gasteiger partial charge >= 0.3 is 5.91 Å². The van der Waals surface area contributed by atoms with E-state index in [2.05, 4.69) is 15.5 Å². The van der Waals surface area contributed by atoms with Crippen LogP contribution in [-0.4, -0.2) is 16.6 Å². The van der Waals surface area contributed by atoms with Crippen LogP contribution in [0.5, 0.6) is 0 Å². The monoisotopic (exact) mass is 243 g/mol. The molecule has 0 saturated carbocycles. The smallest absolute Gasteiger partial charge is 0.307 e. The predicted octanol–water partition coefficient (Wildman–Crippen LogP) is 2.14. The maximum absolute atomic E-state index is 11.7. The Kier molecular flexibility index (Phi) is 3.52. The van der Waals surface area contributed by atoms with Crippen molar-refractivity contribution in [3.63, 3.8) is 0 Å². The van der Waals surface area contributed by atoms with E-state index < -0.39 is 0 Å². The van der Waals surface area contributed by atoms with Crippen LogP contribution in [0.1, 0.15) is 28.9 Å². The van der Waals surface area contributed by atoms with Crippen molar-refractivity contribution >= 4 is 11.6 Å². The fraction of sp³-hybridized carbons (Fsp3) is 0.154. The second-order valence-electron chi connectivity index (χ2n) is 3.76. The Morgan fingerprint density at radius 2 is 2.17 bits per heavy atom. The number of carbonyl (C=O) groups is 1. The average molecular weight is 243 g/mol. The zero-order valence-electron chi connectivity index (χ0n) is 10.2. The van der Waals surface area contributed by atoms with Gasteiger partial charge in [-0.2, -0.15) is 5.10 Å². The number of furan rings is 1. The Morgan fingerprint density at radius 3 is 2.78 bits per heavy atom. The van der Waals surface area contributed by atoms with Gasteiger partial charge in [-0.15, -0.1) is 0 Å². The first-order valence-electron chi connectivity index (χ1n) is 5.49. The van der Waals surface area contributed by atoms with E-state index in [9.17, 15) is 4.79 Å². The van der Waals surface area contributed by atoms with Gasteiger partial charge in [-0.25, -0.2) is 5.43 Å². The first kappa shape index (κ1) is 12.0. The highest BCUT2D eigenvalue weighted by Crippen LogP contribution is 2.05. The van der Waals surface area contributed by atoms with Crippen molar-refractivity contribution in [2.45, 2.75) is 13.8 Å². The highest BCUT2D eigenvalue weighted by Gasteiger charge is 2.08. The SMILES string of the molecule is CC(=NNC(=O)c1ccc(C)o1)c1ccccn1. The van der Waals surface area contributed by atoms with Gasteiger partial charge in [0.2, 0.25) is 0 Å². The van der Waals surface area contributed by atoms with Crippen molar-refractivity contribution in [1.29, 1.82) is 0 Å². The Morgan fingerprint density at radius 1 is 1.33 bits per heavy atom. The lowest BCUT2D eigenvalue weighted by Gasteiger charge is -2.00. The average Bonchev–Trinajstić information content (AvgIpc) is 2.83. The van der Waals surface area contributed by atoms with Gasteiger partial charge in [0.15, 0.2) is 5.76 Å². The molecule has 0 radical (unpaired) electrons. The zero-order chi connectivity index (χ0) is 13.0. The minimum atomic E-state index is -0.376. The third-order valence-corrected chi connectivity index (χ3v) is 2.32. The van der Waals surface area contributed by atoms with E-state index in [-0.39, 0.29) is 11.7 Å². The number of aryl methyl sites for hydroxylation is 1. The number of pyridine rings is 1. The number of carbonyl (C=O) groups excluding carboxylic acids is 1. The summed E-state index contributed by atoms with van der Waals surface area (Å²) in [6, 6.07) is 8.84. The number of hydrazone groups is 1. The van der Waals surface area contributed by atoms with E-state index in [4.69, 9.17) is 4.42 Å². The van der Waals surface area contributed by atoms with Crippen LogP contribution in [0.2, 0.25) is 0 Å². The van der Waals surface area contributed by atoms with Crippen LogP contribution in [0.15, 0.2) is 46.0 Å². The lowest BCUT2D eigenvalue weighted by Crippen LogP contribution is -2.19. The molecule has 0 aliphatic carbocycles. The molecule has 5 nitrogen and oxygen atoms in total. The molecule has 1 amide bonds. The molecule has 0 spiro atoms. The van der Waals surface area contributed by atoms with Gasteiger partial charge in [0.05, 0.1) is 11.4 Å². The largest absolute Gasteiger partial charge is 0.456 e. The van der Waals surface area contributed by atoms with Crippen molar-refractivity contribution in [2.75, 3.05) is 0 Å². The highest BCUT2D eigenvalue weighted by atomic mass is 16.3. The van der Waals surface area contributed by atoms with Crippen LogP contribution in [0, 0.1) is 6.92 Å². The molecule has 2 rings (SSSR count). The number of aromatic nitrogens is 1. The number of amides is 1. The molecule has 0 saturated heterocycles. The maximum Gasteiger partial charge on any atom is 0.307 e. The summed E-state index contributed by atoms with van der Waals surface area (Å²) < 4.78 is 5.19. The quantitative estimate of drug-likeness (QED) is 0.663. The Labute approximate surface area is 105 Å². The summed E-state index contributed by atoms with van der Waals surface area (Å²) in [4.78, 5) is 15.8. The summed E-state index contributed by atoms with van der Waals surface area (Å²) in [5, 5.41) is 3.97. The third-order valence-electron chi connectivity index (χ3n) is 2.32. The van der Waals surface area contributed by atoms with Crippen LogP contribution >= 0.6 is 0 Å². The standard InChI is InChI=1S/C13H13N3O2/c1-9-6-7-12(18-9)13(17)16-15-10(2)11-5-3-4-8-14-11/h3-8H,1-2H3,(H,16,17). The Bertz CT molecular complexity index is 573. The number of nitrogens with zero attached hydrogens (tertiary/aromatic N) is 2. The summed E-state index contributed by atoms with van der Waals surface area (Å²) in [6.45, 7) is 3.55. The van der Waals surface area contributed by atoms with Gasteiger partial charge in [0.1, 0.15) is 5.76 Å². The minimum Gasteiger partial charge on any atom is -0.456 e.